The molecule has 0 aliphatic carbocycles. The van der Waals surface area contributed by atoms with Crippen LogP contribution in [0.2, 0.25) is 0 Å². The lowest BCUT2D eigenvalue weighted by atomic mass is 10.1. The van der Waals surface area contributed by atoms with Crippen LogP contribution in [0.1, 0.15) is 16.9 Å². The van der Waals surface area contributed by atoms with Crippen molar-refractivity contribution in [2.45, 2.75) is 13.8 Å². The van der Waals surface area contributed by atoms with Crippen LogP contribution in [0.3, 0.4) is 0 Å². The van der Waals surface area contributed by atoms with E-state index in [9.17, 15) is 18.8 Å². The molecule has 1 aliphatic heterocycles. The summed E-state index contributed by atoms with van der Waals surface area (Å²) >= 11 is 0.746. The minimum absolute atomic E-state index is 0.162. The number of hydrogen-bond acceptors (Lipinski definition) is 5. The zero-order valence-electron chi connectivity index (χ0n) is 17.3. The fourth-order valence-electron chi connectivity index (χ4n) is 3.19. The number of carbonyl (C=O) groups is 3. The Hall–Kier alpha value is -3.65. The number of hydrogen-bond donors (Lipinski definition) is 1. The van der Waals surface area contributed by atoms with Crippen LogP contribution in [0.4, 0.5) is 14.9 Å². The molecule has 32 heavy (non-hydrogen) atoms. The van der Waals surface area contributed by atoms with Crippen molar-refractivity contribution in [3.63, 3.8) is 0 Å². The topological polar surface area (TPSA) is 79.6 Å². The number of benzene rings is 2. The Morgan fingerprint density at radius 1 is 1.09 bits per heavy atom. The van der Waals surface area contributed by atoms with E-state index in [-0.39, 0.29) is 17.3 Å². The van der Waals surface area contributed by atoms with Gasteiger partial charge >= 0.3 is 0 Å². The molecule has 1 N–H and O–H groups in total. The number of aryl methyl sites for hydroxylation is 1. The van der Waals surface area contributed by atoms with Gasteiger partial charge in [0.25, 0.3) is 11.1 Å². The zero-order chi connectivity index (χ0) is 22.8. The van der Waals surface area contributed by atoms with Gasteiger partial charge < -0.3 is 9.73 Å². The van der Waals surface area contributed by atoms with Gasteiger partial charge in [-0.05, 0) is 79.2 Å². The van der Waals surface area contributed by atoms with Gasteiger partial charge in [0.1, 0.15) is 23.9 Å². The van der Waals surface area contributed by atoms with Gasteiger partial charge in [-0.3, -0.25) is 19.3 Å². The summed E-state index contributed by atoms with van der Waals surface area (Å²) in [5.74, 6) is -0.497. The van der Waals surface area contributed by atoms with E-state index in [1.807, 2.05) is 26.0 Å². The third kappa shape index (κ3) is 4.50. The molecule has 0 atom stereocenters. The molecule has 0 bridgehead atoms. The zero-order valence-corrected chi connectivity index (χ0v) is 18.2. The number of thioether (sulfide) groups is 1. The molecule has 2 heterocycles. The lowest BCUT2D eigenvalue weighted by Gasteiger charge is -2.14. The van der Waals surface area contributed by atoms with Gasteiger partial charge in [-0.15, -0.1) is 0 Å². The van der Waals surface area contributed by atoms with Crippen LogP contribution in [0, 0.1) is 19.7 Å². The molecule has 8 heteroatoms. The van der Waals surface area contributed by atoms with E-state index in [0.717, 1.165) is 27.8 Å². The highest BCUT2D eigenvalue weighted by atomic mass is 32.2. The Balaban J connectivity index is 1.45. The van der Waals surface area contributed by atoms with Crippen molar-refractivity contribution in [2.24, 2.45) is 0 Å². The first-order valence-electron chi connectivity index (χ1n) is 9.79. The number of anilines is 1. The van der Waals surface area contributed by atoms with Crippen LogP contribution in [0.25, 0.3) is 17.4 Å². The van der Waals surface area contributed by atoms with E-state index in [0.29, 0.717) is 22.8 Å². The average molecular weight is 450 g/mol. The summed E-state index contributed by atoms with van der Waals surface area (Å²) in [4.78, 5) is 38.5. The number of imide groups is 1. The van der Waals surface area contributed by atoms with Crippen molar-refractivity contribution in [1.82, 2.24) is 4.90 Å². The minimum Gasteiger partial charge on any atom is -0.457 e. The maximum atomic E-state index is 13.1. The van der Waals surface area contributed by atoms with Crippen molar-refractivity contribution < 1.29 is 23.2 Å². The van der Waals surface area contributed by atoms with Crippen molar-refractivity contribution in [3.8, 4) is 11.3 Å². The third-order valence-corrected chi connectivity index (χ3v) is 5.99. The van der Waals surface area contributed by atoms with Crippen LogP contribution in [0.5, 0.6) is 0 Å². The van der Waals surface area contributed by atoms with E-state index in [1.165, 1.54) is 18.2 Å². The number of furan rings is 1. The van der Waals surface area contributed by atoms with Crippen molar-refractivity contribution >= 4 is 40.6 Å². The molecular formula is C24H19FN2O4S. The normalized spacial score (nSPS) is 15.0. The average Bonchev–Trinajstić information content (AvgIpc) is 3.32. The number of rotatable bonds is 5. The first-order chi connectivity index (χ1) is 15.3. The first-order valence-corrected chi connectivity index (χ1v) is 10.6. The van der Waals surface area contributed by atoms with Gasteiger partial charge in [0, 0.05) is 17.3 Å². The van der Waals surface area contributed by atoms with Gasteiger partial charge in [-0.25, -0.2) is 4.39 Å². The van der Waals surface area contributed by atoms with Crippen LogP contribution >= 0.6 is 11.8 Å². The summed E-state index contributed by atoms with van der Waals surface area (Å²) in [5, 5.41) is 2.22. The fraction of sp³-hybridized carbons (Fsp3) is 0.125. The minimum atomic E-state index is -0.559. The second-order valence-corrected chi connectivity index (χ2v) is 8.27. The Morgan fingerprint density at radius 3 is 2.59 bits per heavy atom. The molecule has 3 aromatic rings. The van der Waals surface area contributed by atoms with Gasteiger partial charge in [0.05, 0.1) is 4.91 Å². The molecule has 0 radical (unpaired) electrons. The molecule has 1 aromatic heterocycles. The summed E-state index contributed by atoms with van der Waals surface area (Å²) in [5.41, 5.74) is 3.27. The molecule has 0 unspecified atom stereocenters. The molecule has 3 amide bonds. The van der Waals surface area contributed by atoms with Crippen molar-refractivity contribution in [1.29, 1.82) is 0 Å². The molecule has 0 spiro atoms. The molecule has 1 aliphatic rings. The maximum Gasteiger partial charge on any atom is 0.294 e. The van der Waals surface area contributed by atoms with E-state index in [2.05, 4.69) is 5.32 Å². The van der Waals surface area contributed by atoms with E-state index in [1.54, 1.807) is 30.3 Å². The standard InChI is InChI=1S/C24H19FN2O4S/c1-14-4-3-5-19(15(14)2)26-22(28)13-27-23(29)21(32-24(27)30)12-18-10-11-20(31-18)16-6-8-17(25)9-7-16/h3-12H,13H2,1-2H3,(H,26,28)/b21-12-. The summed E-state index contributed by atoms with van der Waals surface area (Å²) in [6.45, 7) is 3.44. The predicted molar refractivity (Wildman–Crippen MR) is 121 cm³/mol. The predicted octanol–water partition coefficient (Wildman–Crippen LogP) is 5.38. The first kappa shape index (κ1) is 21.6. The summed E-state index contributed by atoms with van der Waals surface area (Å²) in [6.07, 6.45) is 1.46. The molecule has 1 saturated heterocycles. The molecule has 6 nitrogen and oxygen atoms in total. The van der Waals surface area contributed by atoms with Crippen LogP contribution in [-0.4, -0.2) is 28.5 Å². The smallest absolute Gasteiger partial charge is 0.294 e. The third-order valence-electron chi connectivity index (χ3n) is 5.08. The molecule has 0 saturated carbocycles. The number of carbonyl (C=O) groups excluding carboxylic acids is 3. The molecule has 1 fully saturated rings. The number of nitrogens with one attached hydrogen (secondary N) is 1. The second-order valence-electron chi connectivity index (χ2n) is 7.27. The van der Waals surface area contributed by atoms with Crippen LogP contribution < -0.4 is 5.32 Å². The summed E-state index contributed by atoms with van der Waals surface area (Å²) < 4.78 is 18.8. The van der Waals surface area contributed by atoms with E-state index in [4.69, 9.17) is 4.42 Å². The highest BCUT2D eigenvalue weighted by Gasteiger charge is 2.36. The van der Waals surface area contributed by atoms with E-state index < -0.39 is 17.1 Å². The second kappa shape index (κ2) is 8.84. The maximum absolute atomic E-state index is 13.1. The van der Waals surface area contributed by atoms with Gasteiger partial charge in [0.2, 0.25) is 5.91 Å². The SMILES string of the molecule is Cc1cccc(NC(=O)CN2C(=O)S/C(=C\c3ccc(-c4ccc(F)cc4)o3)C2=O)c1C. The highest BCUT2D eigenvalue weighted by Crippen LogP contribution is 2.33. The molecule has 162 valence electrons. The Bertz CT molecular complexity index is 1250. The lowest BCUT2D eigenvalue weighted by Crippen LogP contribution is -2.36. The number of halogens is 1. The summed E-state index contributed by atoms with van der Waals surface area (Å²) in [7, 11) is 0. The van der Waals surface area contributed by atoms with Gasteiger partial charge in [0.15, 0.2) is 0 Å². The molecule has 2 aromatic carbocycles. The van der Waals surface area contributed by atoms with Crippen molar-refractivity contribution in [2.75, 3.05) is 11.9 Å². The number of amides is 3. The van der Waals surface area contributed by atoms with E-state index >= 15 is 0 Å². The van der Waals surface area contributed by atoms with Crippen LogP contribution in [-0.2, 0) is 9.59 Å². The highest BCUT2D eigenvalue weighted by molar-refractivity contribution is 8.18. The monoisotopic (exact) mass is 450 g/mol. The Kier molecular flexibility index (Phi) is 5.96. The number of nitrogens with zero attached hydrogens (tertiary/aromatic N) is 1. The molecular weight excluding hydrogens is 431 g/mol. The van der Waals surface area contributed by atoms with Gasteiger partial charge in [-0.1, -0.05) is 12.1 Å². The Labute approximate surface area is 188 Å². The van der Waals surface area contributed by atoms with Gasteiger partial charge in [-0.2, -0.15) is 0 Å². The Morgan fingerprint density at radius 2 is 1.84 bits per heavy atom. The fourth-order valence-corrected chi connectivity index (χ4v) is 4.00. The largest absolute Gasteiger partial charge is 0.457 e. The lowest BCUT2D eigenvalue weighted by molar-refractivity contribution is -0.127. The summed E-state index contributed by atoms with van der Waals surface area (Å²) in [6, 6.07) is 14.7. The van der Waals surface area contributed by atoms with Crippen LogP contribution in [0.15, 0.2) is 63.9 Å². The van der Waals surface area contributed by atoms with Crippen molar-refractivity contribution in [3.05, 3.63) is 82.2 Å². The quantitative estimate of drug-likeness (QED) is 0.528. The molecule has 4 rings (SSSR count).